The second kappa shape index (κ2) is 6.77. The number of hydrogen-bond acceptors (Lipinski definition) is 6. The van der Waals surface area contributed by atoms with E-state index in [0.717, 1.165) is 10.6 Å². The maximum Gasteiger partial charge on any atom is 0.368 e. The number of benzene rings is 1. The van der Waals surface area contributed by atoms with Crippen molar-refractivity contribution in [3.8, 4) is 17.3 Å². The molecule has 0 saturated heterocycles. The van der Waals surface area contributed by atoms with Crippen molar-refractivity contribution in [2.24, 2.45) is 7.05 Å². The first-order valence-electron chi connectivity index (χ1n) is 7.62. The molecule has 3 heterocycles. The number of rotatable bonds is 5. The summed E-state index contributed by atoms with van der Waals surface area (Å²) in [7, 11) is 1.55. The average molecular weight is 389 g/mol. The Balaban J connectivity index is 1.51. The van der Waals surface area contributed by atoms with E-state index >= 15 is 0 Å². The molecular weight excluding hydrogens is 376 g/mol. The summed E-state index contributed by atoms with van der Waals surface area (Å²) in [6.07, 6.45) is 1.81. The zero-order chi connectivity index (χ0) is 18.1. The van der Waals surface area contributed by atoms with Crippen molar-refractivity contribution in [2.75, 3.05) is 0 Å². The number of thiophene rings is 1. The Hall–Kier alpha value is -2.91. The molecule has 0 radical (unpaired) electrons. The van der Waals surface area contributed by atoms with Gasteiger partial charge < -0.3 is 4.74 Å². The Bertz CT molecular complexity index is 1090. The summed E-state index contributed by atoms with van der Waals surface area (Å²) in [5, 5.41) is 14.5. The molecule has 0 amide bonds. The van der Waals surface area contributed by atoms with Crippen LogP contribution in [0.4, 0.5) is 0 Å². The van der Waals surface area contributed by atoms with Crippen molar-refractivity contribution in [3.05, 3.63) is 68.4 Å². The van der Waals surface area contributed by atoms with Gasteiger partial charge in [0.05, 0.1) is 16.3 Å². The van der Waals surface area contributed by atoms with E-state index in [4.69, 9.17) is 16.3 Å². The maximum absolute atomic E-state index is 12.0. The van der Waals surface area contributed by atoms with E-state index in [0.29, 0.717) is 16.6 Å². The first-order valence-corrected chi connectivity index (χ1v) is 8.88. The Morgan fingerprint density at radius 1 is 1.15 bits per heavy atom. The summed E-state index contributed by atoms with van der Waals surface area (Å²) >= 11 is 7.38. The molecule has 0 N–H and O–H groups in total. The van der Waals surface area contributed by atoms with Crippen molar-refractivity contribution >= 4 is 22.9 Å². The minimum Gasteiger partial charge on any atom is -0.471 e. The molecule has 1 aromatic carbocycles. The highest BCUT2D eigenvalue weighted by atomic mass is 35.5. The molecule has 0 aliphatic carbocycles. The van der Waals surface area contributed by atoms with Crippen molar-refractivity contribution < 1.29 is 4.74 Å². The van der Waals surface area contributed by atoms with Gasteiger partial charge in [0.1, 0.15) is 6.61 Å². The van der Waals surface area contributed by atoms with Gasteiger partial charge in [-0.15, -0.1) is 16.4 Å². The topological polar surface area (TPSA) is 79.8 Å². The second-order valence-electron chi connectivity index (χ2n) is 5.39. The summed E-state index contributed by atoms with van der Waals surface area (Å²) in [6, 6.07) is 10.9. The van der Waals surface area contributed by atoms with Crippen molar-refractivity contribution in [1.82, 2.24) is 29.6 Å². The number of aryl methyl sites for hydroxylation is 1. The summed E-state index contributed by atoms with van der Waals surface area (Å²) in [5.74, 6) is 0.478. The monoisotopic (exact) mass is 388 g/mol. The molecule has 8 nitrogen and oxygen atoms in total. The molecule has 0 atom stereocenters. The van der Waals surface area contributed by atoms with Crippen LogP contribution < -0.4 is 10.4 Å². The van der Waals surface area contributed by atoms with Crippen LogP contribution >= 0.6 is 22.9 Å². The Morgan fingerprint density at radius 2 is 1.96 bits per heavy atom. The van der Waals surface area contributed by atoms with Gasteiger partial charge in [0.15, 0.2) is 0 Å². The lowest BCUT2D eigenvalue weighted by atomic mass is 10.3. The van der Waals surface area contributed by atoms with Gasteiger partial charge in [-0.25, -0.2) is 9.48 Å². The molecule has 132 valence electrons. The van der Waals surface area contributed by atoms with Crippen LogP contribution in [0.3, 0.4) is 0 Å². The molecule has 10 heteroatoms. The van der Waals surface area contributed by atoms with Crippen LogP contribution in [0.25, 0.3) is 11.4 Å². The fourth-order valence-electron chi connectivity index (χ4n) is 2.36. The van der Waals surface area contributed by atoms with E-state index < -0.39 is 0 Å². The predicted molar refractivity (Wildman–Crippen MR) is 97.4 cm³/mol. The van der Waals surface area contributed by atoms with Crippen molar-refractivity contribution in [3.63, 3.8) is 0 Å². The van der Waals surface area contributed by atoms with Gasteiger partial charge in [-0.2, -0.15) is 9.36 Å². The van der Waals surface area contributed by atoms with Crippen molar-refractivity contribution in [2.45, 2.75) is 6.61 Å². The smallest absolute Gasteiger partial charge is 0.368 e. The first kappa shape index (κ1) is 16.6. The number of tetrazole rings is 1. The first-order chi connectivity index (χ1) is 12.6. The average Bonchev–Trinajstić information content (AvgIpc) is 3.36. The summed E-state index contributed by atoms with van der Waals surface area (Å²) in [5.41, 5.74) is 1.23. The van der Waals surface area contributed by atoms with Crippen LogP contribution in [0.5, 0.6) is 5.88 Å². The highest BCUT2D eigenvalue weighted by Crippen LogP contribution is 2.22. The van der Waals surface area contributed by atoms with Gasteiger partial charge in [-0.1, -0.05) is 11.6 Å². The van der Waals surface area contributed by atoms with Crippen molar-refractivity contribution in [1.29, 1.82) is 0 Å². The molecule has 3 aromatic heterocycles. The molecule has 0 aliphatic rings. The number of hydrogen-bond donors (Lipinski definition) is 0. The molecule has 26 heavy (non-hydrogen) atoms. The van der Waals surface area contributed by atoms with Crippen LogP contribution in [0.15, 0.2) is 52.8 Å². The molecule has 0 unspecified atom stereocenters. The van der Waals surface area contributed by atoms with Crippen LogP contribution in [-0.2, 0) is 13.7 Å². The van der Waals surface area contributed by atoms with Crippen LogP contribution in [0.2, 0.25) is 5.02 Å². The van der Waals surface area contributed by atoms with Crippen LogP contribution in [0, 0.1) is 0 Å². The lowest BCUT2D eigenvalue weighted by molar-refractivity contribution is 0.295. The summed E-state index contributed by atoms with van der Waals surface area (Å²) < 4.78 is 9.90. The molecule has 0 spiro atoms. The van der Waals surface area contributed by atoms with E-state index in [9.17, 15) is 4.79 Å². The molecule has 0 saturated carbocycles. The van der Waals surface area contributed by atoms with E-state index in [-0.39, 0.29) is 12.3 Å². The number of halogens is 1. The third-order valence-electron chi connectivity index (χ3n) is 3.68. The third kappa shape index (κ3) is 3.14. The lowest BCUT2D eigenvalue weighted by Crippen LogP contribution is -2.22. The highest BCUT2D eigenvalue weighted by molar-refractivity contribution is 7.10. The molecule has 0 bridgehead atoms. The number of aromatic nitrogens is 6. The van der Waals surface area contributed by atoms with E-state index in [1.165, 1.54) is 20.7 Å². The van der Waals surface area contributed by atoms with Gasteiger partial charge in [0.2, 0.25) is 5.88 Å². The van der Waals surface area contributed by atoms with Gasteiger partial charge in [0.25, 0.3) is 0 Å². The zero-order valence-corrected chi connectivity index (χ0v) is 15.2. The number of ether oxygens (including phenoxy) is 1. The fraction of sp³-hybridized carbons (Fsp3) is 0.125. The standard InChI is InChI=1S/C16H13ClN6O2S/c1-21-16(24)23(20-19-21)13-7-9-26-14(13)10-25-15-6-8-22(18-15)12-4-2-11(17)3-5-12/h2-9H,10H2,1H3. The molecule has 0 fully saturated rings. The summed E-state index contributed by atoms with van der Waals surface area (Å²) in [6.45, 7) is 0.271. The molecule has 4 rings (SSSR count). The van der Waals surface area contributed by atoms with Gasteiger partial charge >= 0.3 is 5.69 Å². The third-order valence-corrected chi connectivity index (χ3v) is 4.81. The minimum atomic E-state index is -0.309. The zero-order valence-electron chi connectivity index (χ0n) is 13.6. The fourth-order valence-corrected chi connectivity index (χ4v) is 3.25. The molecule has 0 aliphatic heterocycles. The predicted octanol–water partition coefficient (Wildman–Crippen LogP) is 2.45. The van der Waals surface area contributed by atoms with Gasteiger partial charge in [0, 0.05) is 24.3 Å². The van der Waals surface area contributed by atoms with E-state index in [1.807, 2.05) is 23.6 Å². The highest BCUT2D eigenvalue weighted by Gasteiger charge is 2.13. The van der Waals surface area contributed by atoms with Crippen LogP contribution in [-0.4, -0.2) is 29.6 Å². The van der Waals surface area contributed by atoms with E-state index in [1.54, 1.807) is 36.1 Å². The van der Waals surface area contributed by atoms with Crippen LogP contribution in [0.1, 0.15) is 4.88 Å². The summed E-state index contributed by atoms with van der Waals surface area (Å²) in [4.78, 5) is 12.9. The van der Waals surface area contributed by atoms with Gasteiger partial charge in [-0.3, -0.25) is 0 Å². The quantitative estimate of drug-likeness (QED) is 0.524. The normalized spacial score (nSPS) is 11.0. The Kier molecular flexibility index (Phi) is 4.31. The number of nitrogens with zero attached hydrogens (tertiary/aromatic N) is 6. The largest absolute Gasteiger partial charge is 0.471 e. The minimum absolute atomic E-state index is 0.271. The maximum atomic E-state index is 12.0. The Labute approximate surface area is 156 Å². The van der Waals surface area contributed by atoms with Gasteiger partial charge in [-0.05, 0) is 46.1 Å². The Morgan fingerprint density at radius 3 is 2.69 bits per heavy atom. The van der Waals surface area contributed by atoms with E-state index in [2.05, 4.69) is 15.5 Å². The second-order valence-corrected chi connectivity index (χ2v) is 6.83. The molecular formula is C16H13ClN6O2S. The SMILES string of the molecule is Cn1nnn(-c2ccsc2COc2ccn(-c3ccc(Cl)cc3)n2)c1=O. The lowest BCUT2D eigenvalue weighted by Gasteiger charge is -2.04. The molecule has 4 aromatic rings.